The summed E-state index contributed by atoms with van der Waals surface area (Å²) in [5, 5.41) is 59.5. The third-order valence-corrected chi connectivity index (χ3v) is 14.4. The summed E-state index contributed by atoms with van der Waals surface area (Å²) in [7, 11) is 0. The van der Waals surface area contributed by atoms with Crippen LogP contribution >= 0.6 is 0 Å². The van der Waals surface area contributed by atoms with E-state index in [1.165, 1.54) is 21.9 Å². The van der Waals surface area contributed by atoms with Crippen LogP contribution < -0.4 is 0 Å². The van der Waals surface area contributed by atoms with Crippen molar-refractivity contribution in [2.24, 2.45) is 0 Å². The predicted octanol–water partition coefficient (Wildman–Crippen LogP) is 16.9. The molecular formula is C68H52IrN7O3. The fourth-order valence-corrected chi connectivity index (χ4v) is 10.3. The second kappa shape index (κ2) is 20.3. The van der Waals surface area contributed by atoms with Crippen LogP contribution in [0.2, 0.25) is 0 Å². The zero-order chi connectivity index (χ0) is 54.0. The van der Waals surface area contributed by atoms with Gasteiger partial charge in [0.15, 0.2) is 5.82 Å². The van der Waals surface area contributed by atoms with Gasteiger partial charge in [-0.05, 0) is 136 Å². The van der Waals surface area contributed by atoms with Gasteiger partial charge in [0, 0.05) is 21.7 Å². The van der Waals surface area contributed by atoms with Crippen LogP contribution in [0, 0.1) is 19.2 Å². The van der Waals surface area contributed by atoms with Crippen molar-refractivity contribution < 1.29 is 34.7 Å². The molecule has 0 spiro atoms. The molecule has 0 atom stereocenters. The number of hydrogen-bond acceptors (Lipinski definition) is 9. The molecular weight excluding hydrogens is 1160 g/mol. The van der Waals surface area contributed by atoms with Gasteiger partial charge in [0.25, 0.3) is 0 Å². The topological polar surface area (TPSA) is 136 Å². The number of nitrogens with zero attached hydrogens (tertiary/aromatic N) is 7. The maximum Gasteiger partial charge on any atom is 3.00 e. The summed E-state index contributed by atoms with van der Waals surface area (Å²) >= 11 is 0. The fraction of sp³-hybridized carbons (Fsp3) is 0.118. The predicted molar refractivity (Wildman–Crippen MR) is 318 cm³/mol. The number of furan rings is 1. The first-order valence-corrected chi connectivity index (χ1v) is 25.7. The monoisotopic (exact) mass is 1210 g/mol. The van der Waals surface area contributed by atoms with Crippen molar-refractivity contribution in [2.45, 2.75) is 52.4 Å². The molecule has 0 saturated heterocycles. The molecule has 0 bridgehead atoms. The van der Waals surface area contributed by atoms with Crippen molar-refractivity contribution in [1.82, 2.24) is 35.2 Å². The maximum atomic E-state index is 9.39. The molecule has 9 aromatic carbocycles. The second-order valence-corrected chi connectivity index (χ2v) is 21.7. The second-order valence-electron chi connectivity index (χ2n) is 21.7. The van der Waals surface area contributed by atoms with Crippen LogP contribution in [0.25, 0.3) is 126 Å². The number of aliphatic hydroxyl groups excluding tert-OH is 2. The van der Waals surface area contributed by atoms with Gasteiger partial charge in [-0.25, -0.2) is 23.4 Å². The molecule has 0 radical (unpaired) electrons. The van der Waals surface area contributed by atoms with E-state index >= 15 is 0 Å². The van der Waals surface area contributed by atoms with Crippen molar-refractivity contribution in [3.63, 3.8) is 0 Å². The van der Waals surface area contributed by atoms with Gasteiger partial charge in [-0.3, -0.25) is 4.57 Å². The van der Waals surface area contributed by atoms with Crippen LogP contribution in [0.5, 0.6) is 0 Å². The van der Waals surface area contributed by atoms with E-state index in [-0.39, 0.29) is 42.5 Å². The Hall–Kier alpha value is -9.15. The van der Waals surface area contributed by atoms with Crippen LogP contribution in [-0.2, 0) is 30.9 Å². The van der Waals surface area contributed by atoms with Gasteiger partial charge in [-0.2, -0.15) is 15.3 Å². The Morgan fingerprint density at radius 3 is 1.32 bits per heavy atom. The number of fused-ring (bicyclic) bond motifs is 10. The number of aliphatic hydroxyl groups is 2. The minimum atomic E-state index is -0.307. The molecule has 0 fully saturated rings. The number of para-hydroxylation sites is 1. The molecule has 5 heterocycles. The number of rotatable bonds is 4. The fourth-order valence-electron chi connectivity index (χ4n) is 10.3. The van der Waals surface area contributed by atoms with Crippen LogP contribution in [0.15, 0.2) is 187 Å². The Balaban J connectivity index is 0.000000154. The molecule has 11 heteroatoms. The molecule has 0 aliphatic carbocycles. The van der Waals surface area contributed by atoms with Crippen LogP contribution in [0.4, 0.5) is 0 Å². The number of benzene rings is 9. The van der Waals surface area contributed by atoms with Crippen LogP contribution in [0.1, 0.15) is 64.1 Å². The molecule has 2 N–H and O–H groups in total. The summed E-state index contributed by atoms with van der Waals surface area (Å²) in [4.78, 5) is 0. The number of hydrogen-bond donors (Lipinski definition) is 2. The smallest absolute Gasteiger partial charge is 0.544 e. The summed E-state index contributed by atoms with van der Waals surface area (Å²) in [5.41, 5.74) is 7.04. The molecule has 10 nitrogen and oxygen atoms in total. The Labute approximate surface area is 469 Å². The van der Waals surface area contributed by atoms with E-state index in [9.17, 15) is 10.2 Å². The van der Waals surface area contributed by atoms with E-state index in [1.54, 1.807) is 12.4 Å². The first kappa shape index (κ1) is 51.9. The Morgan fingerprint density at radius 1 is 0.456 bits per heavy atom. The molecule has 0 aliphatic rings. The molecule has 0 saturated carbocycles. The third-order valence-electron chi connectivity index (χ3n) is 14.4. The SMILES string of the molecule is CC(C)(C)c1ccc2c(c1)c1cc(C(C)(C)C)ccc1n2-c1nnc(-c2[c-]c3ccccc3o2)c2cc3ccccc3cc12.[CH-]=C(O)c1nncc2cc3ccccc3cc12.[CH-]=C(O)c1nncc2cc3ccccc3cc12.[Ir+3]. The van der Waals surface area contributed by atoms with Crippen molar-refractivity contribution in [3.8, 4) is 17.3 Å². The summed E-state index contributed by atoms with van der Waals surface area (Å²) in [6, 6.07) is 61.9. The van der Waals surface area contributed by atoms with Gasteiger partial charge >= 0.3 is 20.1 Å². The first-order valence-electron chi connectivity index (χ1n) is 25.7. The largest absolute Gasteiger partial charge is 3.00 e. The van der Waals surface area contributed by atoms with Gasteiger partial charge in [0.05, 0.1) is 34.9 Å². The van der Waals surface area contributed by atoms with Gasteiger partial charge in [0.1, 0.15) is 0 Å². The Morgan fingerprint density at radius 2 is 0.873 bits per heavy atom. The number of aromatic nitrogens is 7. The molecule has 0 amide bonds. The molecule has 5 aromatic heterocycles. The zero-order valence-electron chi connectivity index (χ0n) is 44.2. The van der Waals surface area contributed by atoms with E-state index in [2.05, 4.69) is 145 Å². The summed E-state index contributed by atoms with van der Waals surface area (Å²) in [6.07, 6.45) is 3.32. The molecule has 386 valence electrons. The van der Waals surface area contributed by atoms with Crippen molar-refractivity contribution in [2.75, 3.05) is 0 Å². The maximum absolute atomic E-state index is 9.39. The van der Waals surface area contributed by atoms with E-state index < -0.39 is 0 Å². The molecule has 79 heavy (non-hydrogen) atoms. The molecule has 0 aliphatic heterocycles. The minimum absolute atomic E-state index is 0. The standard InChI is InChI=1S/C40H34N3O.2C14H9N2O.Ir/c1-39(2,3)27-15-17-33-29(22-27)30-23-28(40(4,5)6)16-18-34(30)43(33)38-32-20-25-12-8-7-11-24(25)19-31(32)37(41-42-38)36-21-26-13-9-10-14-35(26)44-36;2*1-9(17)14-13-7-11-5-3-2-4-10(11)6-12(13)8-15-16-14;/h7-20,22-23H,1-6H3;2*1-8,17H;/q3*-1;+3. The van der Waals surface area contributed by atoms with Crippen molar-refractivity contribution >= 4 is 109 Å². The van der Waals surface area contributed by atoms with E-state index in [0.29, 0.717) is 22.8 Å². The Kier molecular flexibility index (Phi) is 13.4. The van der Waals surface area contributed by atoms with Gasteiger partial charge in [-0.15, -0.1) is 22.6 Å². The zero-order valence-corrected chi connectivity index (χ0v) is 46.6. The summed E-state index contributed by atoms with van der Waals surface area (Å²) in [5.74, 6) is 0.784. The van der Waals surface area contributed by atoms with Crippen LogP contribution in [0.3, 0.4) is 0 Å². The van der Waals surface area contributed by atoms with E-state index in [0.717, 1.165) is 92.5 Å². The first-order chi connectivity index (χ1) is 37.6. The van der Waals surface area contributed by atoms with Gasteiger partial charge < -0.3 is 14.6 Å². The van der Waals surface area contributed by atoms with Crippen LogP contribution in [-0.4, -0.2) is 45.4 Å². The Bertz CT molecular complexity index is 4510. The molecule has 0 unspecified atom stereocenters. The molecule has 14 aromatic rings. The normalized spacial score (nSPS) is 11.8. The van der Waals surface area contributed by atoms with Crippen molar-refractivity contribution in [3.05, 3.63) is 224 Å². The average Bonchev–Trinajstić information content (AvgIpc) is 4.26. The van der Waals surface area contributed by atoms with Gasteiger partial charge in [0.2, 0.25) is 0 Å². The minimum Gasteiger partial charge on any atom is -0.544 e. The van der Waals surface area contributed by atoms with E-state index in [4.69, 9.17) is 27.8 Å². The quantitative estimate of drug-likeness (QED) is 0.100. The molecule has 14 rings (SSSR count). The summed E-state index contributed by atoms with van der Waals surface area (Å²) in [6.45, 7) is 24.4. The van der Waals surface area contributed by atoms with E-state index in [1.807, 2.05) is 97.1 Å². The average molecular weight is 1210 g/mol. The third kappa shape index (κ3) is 9.73. The summed E-state index contributed by atoms with van der Waals surface area (Å²) < 4.78 is 8.56. The van der Waals surface area contributed by atoms with Crippen molar-refractivity contribution in [1.29, 1.82) is 0 Å². The van der Waals surface area contributed by atoms with Gasteiger partial charge in [-0.1, -0.05) is 174 Å².